The third kappa shape index (κ3) is 6.56. The van der Waals surface area contributed by atoms with Crippen molar-refractivity contribution in [3.63, 3.8) is 0 Å². The maximum absolute atomic E-state index is 11.3. The number of carboxylic acids is 1. The molecule has 0 saturated heterocycles. The van der Waals surface area contributed by atoms with Crippen molar-refractivity contribution in [2.45, 2.75) is 58.9 Å². The van der Waals surface area contributed by atoms with Crippen molar-refractivity contribution in [2.75, 3.05) is 5.32 Å². The molecule has 7 heteroatoms. The van der Waals surface area contributed by atoms with Gasteiger partial charge in [0.05, 0.1) is 5.56 Å². The molecule has 0 aliphatic carbocycles. The zero-order valence-corrected chi connectivity index (χ0v) is 25.6. The van der Waals surface area contributed by atoms with Gasteiger partial charge in [0.1, 0.15) is 23.7 Å². The monoisotopic (exact) mass is 642 g/mol. The number of hydrogen-bond donors (Lipinski definition) is 3. The number of phenolic OH excluding ortho intramolecular Hbond substituents is 1. The molecule has 1 heterocycles. The van der Waals surface area contributed by atoms with E-state index in [-0.39, 0.29) is 40.4 Å². The summed E-state index contributed by atoms with van der Waals surface area (Å²) in [6.45, 7) is 13.3. The first kappa shape index (κ1) is 29.6. The largest absolute Gasteiger partial charge is 1.00 e. The minimum Gasteiger partial charge on any atom is -1.00 e. The highest BCUT2D eigenvalue weighted by Crippen LogP contribution is 2.42. The lowest BCUT2D eigenvalue weighted by molar-refractivity contribution is -0.659. The van der Waals surface area contributed by atoms with Crippen molar-refractivity contribution in [3.8, 4) is 17.0 Å². The fourth-order valence-electron chi connectivity index (χ4n) is 4.33. The van der Waals surface area contributed by atoms with Gasteiger partial charge in [-0.05, 0) is 52.8 Å². The molecule has 0 amide bonds. The van der Waals surface area contributed by atoms with E-state index in [0.717, 1.165) is 38.8 Å². The predicted molar refractivity (Wildman–Crippen MR) is 151 cm³/mol. The van der Waals surface area contributed by atoms with Crippen molar-refractivity contribution in [3.05, 3.63) is 94.4 Å². The molecular weight excluding hydrogens is 607 g/mol. The van der Waals surface area contributed by atoms with E-state index in [1.54, 1.807) is 23.5 Å². The quantitative estimate of drug-likeness (QED) is 0.214. The zero-order valence-electron chi connectivity index (χ0n) is 22.7. The Kier molecular flexibility index (Phi) is 8.93. The highest BCUT2D eigenvalue weighted by Gasteiger charge is 2.29. The highest BCUT2D eigenvalue weighted by atomic mass is 127. The summed E-state index contributed by atoms with van der Waals surface area (Å²) in [5.41, 5.74) is 5.67. The standard InChI is InChI=1S/C31H34N2O3S.HI/c1-30(2,3)24-16-22(17-25(27(24)34)31(4,5)6)26-19-37-29(32-23-10-8-7-9-11-23)33(26)18-20-12-14-21(15-13-20)28(35)36;/h7-17,19H,18H2,1-6H3,(H2,34,35,36);1H. The summed E-state index contributed by atoms with van der Waals surface area (Å²) in [7, 11) is 0. The molecule has 4 aromatic rings. The zero-order chi connectivity index (χ0) is 27.0. The van der Waals surface area contributed by atoms with Gasteiger partial charge < -0.3 is 34.2 Å². The van der Waals surface area contributed by atoms with Crippen LogP contribution in [0.15, 0.2) is 72.1 Å². The third-order valence-electron chi connectivity index (χ3n) is 6.41. The van der Waals surface area contributed by atoms with Crippen LogP contribution in [0.25, 0.3) is 11.3 Å². The normalized spacial score (nSPS) is 11.6. The third-order valence-corrected chi connectivity index (χ3v) is 7.29. The van der Waals surface area contributed by atoms with Crippen LogP contribution in [0.5, 0.6) is 5.75 Å². The van der Waals surface area contributed by atoms with Gasteiger partial charge in [-0.15, -0.1) is 0 Å². The first-order valence-corrected chi connectivity index (χ1v) is 13.3. The highest BCUT2D eigenvalue weighted by molar-refractivity contribution is 7.13. The Labute approximate surface area is 246 Å². The lowest BCUT2D eigenvalue weighted by Gasteiger charge is -2.28. The Morgan fingerprint density at radius 2 is 1.45 bits per heavy atom. The lowest BCUT2D eigenvalue weighted by Crippen LogP contribution is -3.00. The van der Waals surface area contributed by atoms with Gasteiger partial charge >= 0.3 is 11.1 Å². The van der Waals surface area contributed by atoms with Crippen LogP contribution < -0.4 is 33.9 Å². The molecule has 38 heavy (non-hydrogen) atoms. The summed E-state index contributed by atoms with van der Waals surface area (Å²) in [6.07, 6.45) is 0. The molecule has 0 radical (unpaired) electrons. The molecule has 1 aromatic heterocycles. The molecule has 0 spiro atoms. The summed E-state index contributed by atoms with van der Waals surface area (Å²) in [5, 5.41) is 27.2. The van der Waals surface area contributed by atoms with Gasteiger partial charge in [-0.2, -0.15) is 0 Å². The smallest absolute Gasteiger partial charge is 0.339 e. The molecule has 5 nitrogen and oxygen atoms in total. The molecule has 3 aromatic carbocycles. The second-order valence-corrected chi connectivity index (χ2v) is 12.3. The van der Waals surface area contributed by atoms with Crippen LogP contribution in [-0.4, -0.2) is 16.2 Å². The Morgan fingerprint density at radius 1 is 0.895 bits per heavy atom. The number of carboxylic acid groups (broad SMARTS) is 1. The number of benzene rings is 3. The van der Waals surface area contributed by atoms with E-state index in [1.807, 2.05) is 42.5 Å². The Balaban J connectivity index is 0.00000400. The minimum atomic E-state index is -0.935. The van der Waals surface area contributed by atoms with Gasteiger partial charge in [-0.3, -0.25) is 0 Å². The number of carbonyl (C=O) groups is 1. The number of aromatic nitrogens is 1. The minimum absolute atomic E-state index is 0. The van der Waals surface area contributed by atoms with E-state index >= 15 is 0 Å². The van der Waals surface area contributed by atoms with E-state index in [2.05, 4.69) is 68.9 Å². The first-order valence-electron chi connectivity index (χ1n) is 12.4. The number of para-hydroxylation sites is 1. The van der Waals surface area contributed by atoms with Crippen molar-refractivity contribution in [1.82, 2.24) is 0 Å². The molecule has 0 aliphatic rings. The number of nitrogens with one attached hydrogen (secondary N) is 1. The number of hydrogen-bond acceptors (Lipinski definition) is 4. The molecule has 0 unspecified atom stereocenters. The van der Waals surface area contributed by atoms with Crippen LogP contribution in [-0.2, 0) is 17.4 Å². The fourth-order valence-corrected chi connectivity index (χ4v) is 5.29. The molecule has 3 N–H and O–H groups in total. The summed E-state index contributed by atoms with van der Waals surface area (Å²) in [6, 6.07) is 21.3. The topological polar surface area (TPSA) is 73.4 Å². The number of nitrogens with zero attached hydrogens (tertiary/aromatic N) is 1. The van der Waals surface area contributed by atoms with Crippen molar-refractivity contribution < 1.29 is 43.6 Å². The van der Waals surface area contributed by atoms with Crippen LogP contribution in [0.3, 0.4) is 0 Å². The summed E-state index contributed by atoms with van der Waals surface area (Å²) in [4.78, 5) is 11.3. The van der Waals surface area contributed by atoms with Crippen LogP contribution in [0, 0.1) is 0 Å². The van der Waals surface area contributed by atoms with Crippen molar-refractivity contribution >= 4 is 28.1 Å². The van der Waals surface area contributed by atoms with E-state index in [9.17, 15) is 15.0 Å². The van der Waals surface area contributed by atoms with Crippen molar-refractivity contribution in [2.24, 2.45) is 0 Å². The molecule has 200 valence electrons. The average Bonchev–Trinajstić information content (AvgIpc) is 3.20. The molecule has 0 saturated carbocycles. The summed E-state index contributed by atoms with van der Waals surface area (Å²) >= 11 is 1.62. The van der Waals surface area contributed by atoms with Gasteiger partial charge in [-0.1, -0.05) is 83.2 Å². The number of thiazole rings is 1. The Bertz CT molecular complexity index is 1380. The fraction of sp³-hybridized carbons (Fsp3) is 0.290. The van der Waals surface area contributed by atoms with E-state index in [4.69, 9.17) is 0 Å². The van der Waals surface area contributed by atoms with E-state index in [0.29, 0.717) is 12.3 Å². The first-order chi connectivity index (χ1) is 17.3. The average molecular weight is 643 g/mol. The number of aromatic hydroxyl groups is 1. The second-order valence-electron chi connectivity index (χ2n) is 11.4. The van der Waals surface area contributed by atoms with Gasteiger partial charge in [-0.25, -0.2) is 14.7 Å². The van der Waals surface area contributed by atoms with E-state index in [1.165, 1.54) is 0 Å². The Hall–Kier alpha value is -2.91. The molecule has 0 aliphatic heterocycles. The second kappa shape index (κ2) is 11.5. The van der Waals surface area contributed by atoms with Crippen molar-refractivity contribution in [1.29, 1.82) is 0 Å². The van der Waals surface area contributed by atoms with Crippen LogP contribution in [0.2, 0.25) is 0 Å². The van der Waals surface area contributed by atoms with Crippen LogP contribution in [0.4, 0.5) is 10.8 Å². The number of halogens is 1. The van der Waals surface area contributed by atoms with Gasteiger partial charge in [0.25, 0.3) is 0 Å². The molecule has 0 atom stereocenters. The maximum Gasteiger partial charge on any atom is 0.339 e. The lowest BCUT2D eigenvalue weighted by atomic mass is 9.78. The number of aromatic carboxylic acids is 1. The molecule has 0 fully saturated rings. The molecular formula is C31H35IN2O3S. The number of rotatable bonds is 6. The SMILES string of the molecule is CC(C)(C)c1cc(-c2csc(Nc3ccccc3)[n+]2Cc2ccc(C(=O)O)cc2)cc(C(C)(C)C)c1O.[I-]. The number of anilines is 2. The number of phenols is 1. The van der Waals surface area contributed by atoms with Gasteiger partial charge in [0, 0.05) is 22.1 Å². The van der Waals surface area contributed by atoms with E-state index < -0.39 is 5.97 Å². The van der Waals surface area contributed by atoms with Gasteiger partial charge in [0.15, 0.2) is 0 Å². The molecule has 0 bridgehead atoms. The summed E-state index contributed by atoms with van der Waals surface area (Å²) < 4.78 is 2.22. The predicted octanol–water partition coefficient (Wildman–Crippen LogP) is 4.50. The van der Waals surface area contributed by atoms with Gasteiger partial charge in [0.2, 0.25) is 0 Å². The molecule has 4 rings (SSSR count). The maximum atomic E-state index is 11.3. The van der Waals surface area contributed by atoms with Crippen LogP contribution >= 0.6 is 11.3 Å². The van der Waals surface area contributed by atoms with Crippen LogP contribution in [0.1, 0.15) is 68.6 Å². The Morgan fingerprint density at radius 3 is 1.95 bits per heavy atom. The summed E-state index contributed by atoms with van der Waals surface area (Å²) in [5.74, 6) is -0.576.